The van der Waals surface area contributed by atoms with Gasteiger partial charge in [-0.15, -0.1) is 11.3 Å². The number of aryl methyl sites for hydroxylation is 1. The first kappa shape index (κ1) is 22.8. The maximum Gasteiger partial charge on any atom is 0.224 e. The highest BCUT2D eigenvalue weighted by molar-refractivity contribution is 7.73. The van der Waals surface area contributed by atoms with Gasteiger partial charge in [-0.2, -0.15) is 0 Å². The number of benzene rings is 2. The second kappa shape index (κ2) is 10.5. The van der Waals surface area contributed by atoms with Crippen LogP contribution in [-0.2, 0) is 34.9 Å². The van der Waals surface area contributed by atoms with Gasteiger partial charge in [-0.05, 0) is 48.2 Å². The molecule has 0 spiro atoms. The molecular formula is C21H21F2N3O3S2. The second-order valence-electron chi connectivity index (χ2n) is 6.85. The molecule has 10 heteroatoms. The molecule has 31 heavy (non-hydrogen) atoms. The minimum absolute atomic E-state index is 0.0981. The topological polar surface area (TPSA) is 88.2 Å². The number of hydrogen-bond acceptors (Lipinski definition) is 5. The molecule has 164 valence electrons. The number of carbonyl (C=O) groups excluding carboxylic acids is 1. The Morgan fingerprint density at radius 1 is 1.10 bits per heavy atom. The van der Waals surface area contributed by atoms with E-state index < -0.39 is 28.6 Å². The summed E-state index contributed by atoms with van der Waals surface area (Å²) < 4.78 is 50.4. The number of carbonyl (C=O) groups is 1. The highest BCUT2D eigenvalue weighted by Crippen LogP contribution is 2.24. The van der Waals surface area contributed by atoms with Gasteiger partial charge in [0.1, 0.15) is 5.01 Å². The molecule has 0 saturated heterocycles. The van der Waals surface area contributed by atoms with Crippen LogP contribution in [0.3, 0.4) is 0 Å². The van der Waals surface area contributed by atoms with E-state index >= 15 is 0 Å². The SMILES string of the molecule is CCc1csc([C@H](Cc2ccc(N[SH](=O)=O)cc2)NC(=O)Cc2ccc(F)c(F)c2)n1. The van der Waals surface area contributed by atoms with Gasteiger partial charge in [0.25, 0.3) is 0 Å². The van der Waals surface area contributed by atoms with Crippen molar-refractivity contribution in [2.75, 3.05) is 4.72 Å². The molecule has 0 unspecified atom stereocenters. The van der Waals surface area contributed by atoms with E-state index in [4.69, 9.17) is 0 Å². The molecule has 0 aliphatic carbocycles. The van der Waals surface area contributed by atoms with Crippen LogP contribution in [0.15, 0.2) is 47.8 Å². The summed E-state index contributed by atoms with van der Waals surface area (Å²) in [6.07, 6.45) is 1.10. The lowest BCUT2D eigenvalue weighted by Crippen LogP contribution is -2.31. The molecule has 0 aliphatic rings. The number of rotatable bonds is 9. The normalized spacial score (nSPS) is 12.0. The average molecular weight is 466 g/mol. The van der Waals surface area contributed by atoms with Crippen molar-refractivity contribution >= 4 is 33.8 Å². The van der Waals surface area contributed by atoms with E-state index in [1.54, 1.807) is 24.3 Å². The first-order valence-electron chi connectivity index (χ1n) is 9.51. The van der Waals surface area contributed by atoms with Crippen molar-refractivity contribution in [3.8, 4) is 0 Å². The van der Waals surface area contributed by atoms with Gasteiger partial charge in [-0.3, -0.25) is 9.52 Å². The molecule has 0 aliphatic heterocycles. The summed E-state index contributed by atoms with van der Waals surface area (Å²) in [7, 11) is -2.74. The number of halogens is 2. The van der Waals surface area contributed by atoms with Crippen LogP contribution in [0, 0.1) is 11.6 Å². The Labute approximate surface area is 184 Å². The Morgan fingerprint density at radius 3 is 2.42 bits per heavy atom. The summed E-state index contributed by atoms with van der Waals surface area (Å²) in [5, 5.41) is 5.60. The largest absolute Gasteiger partial charge is 0.346 e. The first-order valence-corrected chi connectivity index (χ1v) is 11.6. The second-order valence-corrected chi connectivity index (χ2v) is 8.47. The molecule has 0 bridgehead atoms. The molecule has 0 saturated carbocycles. The van der Waals surface area contributed by atoms with E-state index in [9.17, 15) is 22.0 Å². The maximum absolute atomic E-state index is 13.4. The summed E-state index contributed by atoms with van der Waals surface area (Å²) in [5.41, 5.74) is 2.60. The third-order valence-corrected chi connectivity index (χ3v) is 5.98. The lowest BCUT2D eigenvalue weighted by Gasteiger charge is -2.17. The predicted molar refractivity (Wildman–Crippen MR) is 117 cm³/mol. The lowest BCUT2D eigenvalue weighted by molar-refractivity contribution is -0.121. The standard InChI is InChI=1S/C21H21F2N3O3S2/c1-2-15-12-30-21(24-15)19(10-13-3-6-16(7-4-13)26-31(28)29)25-20(27)11-14-5-8-17(22)18(23)9-14/h3-9,12,19,31H,2,10-11H2,1H3,(H,25,27)(H,26,28,29)/t19-/m0/s1. The van der Waals surface area contributed by atoms with Crippen LogP contribution in [0.5, 0.6) is 0 Å². The van der Waals surface area contributed by atoms with Crippen LogP contribution >= 0.6 is 11.3 Å². The first-order chi connectivity index (χ1) is 14.8. The zero-order chi connectivity index (χ0) is 22.4. The van der Waals surface area contributed by atoms with Gasteiger partial charge in [0.2, 0.25) is 16.8 Å². The van der Waals surface area contributed by atoms with E-state index in [1.165, 1.54) is 17.4 Å². The predicted octanol–water partition coefficient (Wildman–Crippen LogP) is 3.56. The zero-order valence-corrected chi connectivity index (χ0v) is 18.3. The van der Waals surface area contributed by atoms with Crippen molar-refractivity contribution in [3.63, 3.8) is 0 Å². The third-order valence-electron chi connectivity index (χ3n) is 4.53. The van der Waals surface area contributed by atoms with Gasteiger partial charge in [0, 0.05) is 11.1 Å². The van der Waals surface area contributed by atoms with E-state index in [1.807, 2.05) is 12.3 Å². The van der Waals surface area contributed by atoms with Crippen molar-refractivity contribution in [3.05, 3.63) is 81.3 Å². The summed E-state index contributed by atoms with van der Waals surface area (Å²) in [4.78, 5) is 17.2. The van der Waals surface area contributed by atoms with Gasteiger partial charge in [0.05, 0.1) is 18.2 Å². The highest BCUT2D eigenvalue weighted by Gasteiger charge is 2.19. The molecule has 0 fully saturated rings. The van der Waals surface area contributed by atoms with Gasteiger partial charge in [-0.25, -0.2) is 22.2 Å². The summed E-state index contributed by atoms with van der Waals surface area (Å²) in [6, 6.07) is 9.77. The number of nitrogens with zero attached hydrogens (tertiary/aromatic N) is 1. The Morgan fingerprint density at radius 2 is 1.81 bits per heavy atom. The smallest absolute Gasteiger partial charge is 0.224 e. The molecule has 0 radical (unpaired) electrons. The van der Waals surface area contributed by atoms with Crippen molar-refractivity contribution < 1.29 is 22.0 Å². The Balaban J connectivity index is 1.75. The molecule has 1 amide bonds. The Kier molecular flexibility index (Phi) is 7.69. The average Bonchev–Trinajstić information content (AvgIpc) is 3.20. The number of hydrogen-bond donors (Lipinski definition) is 3. The molecule has 1 heterocycles. The van der Waals surface area contributed by atoms with E-state index in [2.05, 4.69) is 15.0 Å². The van der Waals surface area contributed by atoms with Crippen molar-refractivity contribution in [1.82, 2.24) is 10.3 Å². The lowest BCUT2D eigenvalue weighted by atomic mass is 10.0. The minimum atomic E-state index is -2.74. The van der Waals surface area contributed by atoms with Crippen LogP contribution < -0.4 is 10.0 Å². The molecule has 3 aromatic rings. The van der Waals surface area contributed by atoms with E-state index in [0.717, 1.165) is 34.8 Å². The van der Waals surface area contributed by atoms with Gasteiger partial charge in [-0.1, -0.05) is 25.1 Å². The van der Waals surface area contributed by atoms with E-state index in [-0.39, 0.29) is 12.3 Å². The molecular weight excluding hydrogens is 444 g/mol. The molecule has 1 aromatic heterocycles. The zero-order valence-electron chi connectivity index (χ0n) is 16.6. The number of thiol groups is 1. The van der Waals surface area contributed by atoms with Crippen molar-refractivity contribution in [2.24, 2.45) is 0 Å². The maximum atomic E-state index is 13.4. The number of aromatic nitrogens is 1. The fraction of sp³-hybridized carbons (Fsp3) is 0.238. The highest BCUT2D eigenvalue weighted by atomic mass is 32.2. The summed E-state index contributed by atoms with van der Waals surface area (Å²) >= 11 is 1.44. The van der Waals surface area contributed by atoms with Crippen molar-refractivity contribution in [1.29, 1.82) is 0 Å². The Hall–Kier alpha value is -2.85. The molecule has 1 atom stereocenters. The van der Waals surface area contributed by atoms with Crippen molar-refractivity contribution in [2.45, 2.75) is 32.2 Å². The number of amides is 1. The number of nitrogens with one attached hydrogen (secondary N) is 2. The van der Waals surface area contributed by atoms with Gasteiger partial charge in [0.15, 0.2) is 11.6 Å². The van der Waals surface area contributed by atoms with Crippen LogP contribution in [0.2, 0.25) is 0 Å². The molecule has 2 N–H and O–H groups in total. The third kappa shape index (κ3) is 6.56. The van der Waals surface area contributed by atoms with Gasteiger partial charge < -0.3 is 5.32 Å². The van der Waals surface area contributed by atoms with Gasteiger partial charge >= 0.3 is 0 Å². The van der Waals surface area contributed by atoms with Crippen LogP contribution in [0.4, 0.5) is 14.5 Å². The number of anilines is 1. The van der Waals surface area contributed by atoms with E-state index in [0.29, 0.717) is 17.7 Å². The summed E-state index contributed by atoms with van der Waals surface area (Å²) in [5.74, 6) is -2.30. The summed E-state index contributed by atoms with van der Waals surface area (Å²) in [6.45, 7) is 1.99. The molecule has 2 aromatic carbocycles. The minimum Gasteiger partial charge on any atom is -0.346 e. The fourth-order valence-electron chi connectivity index (χ4n) is 2.98. The molecule has 6 nitrogen and oxygen atoms in total. The van der Waals surface area contributed by atoms with Crippen LogP contribution in [-0.4, -0.2) is 19.3 Å². The van der Waals surface area contributed by atoms with Crippen LogP contribution in [0.1, 0.15) is 34.8 Å². The monoisotopic (exact) mass is 465 g/mol. The quantitative estimate of drug-likeness (QED) is 0.422. The Bertz CT molecular complexity index is 1120. The number of thiazole rings is 1. The van der Waals surface area contributed by atoms with Crippen LogP contribution in [0.25, 0.3) is 0 Å². The fourth-order valence-corrected chi connectivity index (χ4v) is 4.29. The molecule has 3 rings (SSSR count).